The summed E-state index contributed by atoms with van der Waals surface area (Å²) in [6.45, 7) is 0. The van der Waals surface area contributed by atoms with E-state index in [0.29, 0.717) is 22.9 Å². The summed E-state index contributed by atoms with van der Waals surface area (Å²) in [4.78, 5) is 13.4. The van der Waals surface area contributed by atoms with Crippen molar-refractivity contribution < 1.29 is 4.79 Å². The Balaban J connectivity index is 1.52. The number of carbonyl (C=O) groups excluding carboxylic acids is 1. The SMILES string of the molecule is O=C(CC(Nc1ccc(Cl)cc1)c1ccccc1)CC(Nc1ccc(Cl)cc1)c1ccccc1. The quantitative estimate of drug-likeness (QED) is 0.235. The zero-order chi connectivity index (χ0) is 23.8. The number of carbonyl (C=O) groups is 1. The van der Waals surface area contributed by atoms with Gasteiger partial charge in [-0.15, -0.1) is 0 Å². The minimum Gasteiger partial charge on any atom is -0.378 e. The highest BCUT2D eigenvalue weighted by Gasteiger charge is 2.21. The van der Waals surface area contributed by atoms with Gasteiger partial charge in [0.2, 0.25) is 0 Å². The van der Waals surface area contributed by atoms with Crippen molar-refractivity contribution >= 4 is 40.4 Å². The van der Waals surface area contributed by atoms with Crippen LogP contribution < -0.4 is 10.6 Å². The molecule has 172 valence electrons. The monoisotopic (exact) mass is 488 g/mol. The Kier molecular flexibility index (Phi) is 8.24. The number of ketones is 1. The highest BCUT2D eigenvalue weighted by molar-refractivity contribution is 6.30. The minimum absolute atomic E-state index is 0.151. The smallest absolute Gasteiger partial charge is 0.137 e. The molecule has 0 radical (unpaired) electrons. The molecule has 0 bridgehead atoms. The van der Waals surface area contributed by atoms with Crippen molar-refractivity contribution in [2.45, 2.75) is 24.9 Å². The number of anilines is 2. The van der Waals surface area contributed by atoms with Gasteiger partial charge in [0, 0.05) is 34.3 Å². The summed E-state index contributed by atoms with van der Waals surface area (Å²) in [5.74, 6) is 0.158. The van der Waals surface area contributed by atoms with E-state index in [1.54, 1.807) is 0 Å². The number of hydrogen-bond acceptors (Lipinski definition) is 3. The van der Waals surface area contributed by atoms with E-state index in [2.05, 4.69) is 10.6 Å². The Morgan fingerprint density at radius 1 is 0.559 bits per heavy atom. The highest BCUT2D eigenvalue weighted by atomic mass is 35.5. The predicted molar refractivity (Wildman–Crippen MR) is 143 cm³/mol. The first-order valence-corrected chi connectivity index (χ1v) is 12.0. The summed E-state index contributed by atoms with van der Waals surface area (Å²) in [5, 5.41) is 8.37. The molecule has 0 saturated carbocycles. The molecule has 0 aliphatic rings. The molecule has 4 aromatic rings. The lowest BCUT2D eigenvalue weighted by molar-refractivity contribution is -0.119. The predicted octanol–water partition coefficient (Wildman–Crippen LogP) is 8.35. The van der Waals surface area contributed by atoms with Crippen LogP contribution in [0, 0.1) is 0 Å². The average Bonchev–Trinajstić information content (AvgIpc) is 2.87. The fourth-order valence-corrected chi connectivity index (χ4v) is 4.16. The van der Waals surface area contributed by atoms with Crippen molar-refractivity contribution in [2.75, 3.05) is 10.6 Å². The Morgan fingerprint density at radius 2 is 0.912 bits per heavy atom. The topological polar surface area (TPSA) is 41.1 Å². The first-order valence-electron chi connectivity index (χ1n) is 11.2. The third kappa shape index (κ3) is 6.86. The summed E-state index contributed by atoms with van der Waals surface area (Å²) >= 11 is 12.1. The van der Waals surface area contributed by atoms with Crippen LogP contribution in [0.2, 0.25) is 10.0 Å². The van der Waals surface area contributed by atoms with Crippen molar-refractivity contribution in [3.05, 3.63) is 130 Å². The van der Waals surface area contributed by atoms with Crippen molar-refractivity contribution in [3.8, 4) is 0 Å². The average molecular weight is 489 g/mol. The molecule has 3 nitrogen and oxygen atoms in total. The summed E-state index contributed by atoms with van der Waals surface area (Å²) < 4.78 is 0. The van der Waals surface area contributed by atoms with E-state index in [1.807, 2.05) is 109 Å². The van der Waals surface area contributed by atoms with E-state index in [9.17, 15) is 4.79 Å². The lowest BCUT2D eigenvalue weighted by Crippen LogP contribution is -2.20. The Labute approximate surface area is 210 Å². The van der Waals surface area contributed by atoms with Crippen LogP contribution in [0.3, 0.4) is 0 Å². The third-order valence-electron chi connectivity index (χ3n) is 5.64. The Hall–Kier alpha value is -3.27. The number of nitrogens with one attached hydrogen (secondary N) is 2. The van der Waals surface area contributed by atoms with Gasteiger partial charge in [-0.3, -0.25) is 4.79 Å². The number of halogens is 2. The summed E-state index contributed by atoms with van der Waals surface area (Å²) in [7, 11) is 0. The van der Waals surface area contributed by atoms with E-state index in [4.69, 9.17) is 23.2 Å². The zero-order valence-electron chi connectivity index (χ0n) is 18.6. The minimum atomic E-state index is -0.151. The molecule has 0 aromatic heterocycles. The first kappa shape index (κ1) is 23.9. The number of Topliss-reactive ketones (excluding diaryl/α,β-unsaturated/α-hetero) is 1. The van der Waals surface area contributed by atoms with Gasteiger partial charge in [-0.2, -0.15) is 0 Å². The second-order valence-corrected chi connectivity index (χ2v) is 9.05. The van der Waals surface area contributed by atoms with Gasteiger partial charge in [0.25, 0.3) is 0 Å². The molecule has 0 aliphatic heterocycles. The molecule has 0 saturated heterocycles. The number of benzene rings is 4. The van der Waals surface area contributed by atoms with E-state index in [1.165, 1.54) is 0 Å². The van der Waals surface area contributed by atoms with E-state index >= 15 is 0 Å². The summed E-state index contributed by atoms with van der Waals surface area (Å²) in [6.07, 6.45) is 0.719. The van der Waals surface area contributed by atoms with Crippen LogP contribution in [0.4, 0.5) is 11.4 Å². The summed E-state index contributed by atoms with van der Waals surface area (Å²) in [6, 6.07) is 34.9. The normalized spacial score (nSPS) is 12.5. The van der Waals surface area contributed by atoms with Gasteiger partial charge in [0.1, 0.15) is 5.78 Å². The van der Waals surface area contributed by atoms with Crippen LogP contribution >= 0.6 is 23.2 Å². The second kappa shape index (κ2) is 11.7. The molecule has 4 rings (SSSR count). The molecular weight excluding hydrogens is 463 g/mol. The molecule has 2 unspecified atom stereocenters. The molecule has 0 spiro atoms. The largest absolute Gasteiger partial charge is 0.378 e. The van der Waals surface area contributed by atoms with E-state index < -0.39 is 0 Å². The van der Waals surface area contributed by atoms with Gasteiger partial charge in [0.05, 0.1) is 12.1 Å². The highest BCUT2D eigenvalue weighted by Crippen LogP contribution is 2.28. The Bertz CT molecular complexity index is 1090. The molecule has 4 aromatic carbocycles. The molecule has 5 heteroatoms. The molecule has 0 aliphatic carbocycles. The maximum absolute atomic E-state index is 13.4. The molecule has 34 heavy (non-hydrogen) atoms. The van der Waals surface area contributed by atoms with Crippen LogP contribution in [-0.4, -0.2) is 5.78 Å². The molecule has 0 heterocycles. The van der Waals surface area contributed by atoms with Gasteiger partial charge in [-0.1, -0.05) is 83.9 Å². The van der Waals surface area contributed by atoms with E-state index in [0.717, 1.165) is 22.5 Å². The van der Waals surface area contributed by atoms with Gasteiger partial charge in [-0.05, 0) is 59.7 Å². The van der Waals surface area contributed by atoms with Gasteiger partial charge >= 0.3 is 0 Å². The van der Waals surface area contributed by atoms with Crippen molar-refractivity contribution in [3.63, 3.8) is 0 Å². The zero-order valence-corrected chi connectivity index (χ0v) is 20.1. The fraction of sp³-hybridized carbons (Fsp3) is 0.138. The molecule has 0 fully saturated rings. The first-order chi connectivity index (χ1) is 16.6. The van der Waals surface area contributed by atoms with Crippen LogP contribution in [0.25, 0.3) is 0 Å². The maximum atomic E-state index is 13.4. The lowest BCUT2D eigenvalue weighted by atomic mass is 9.95. The fourth-order valence-electron chi connectivity index (χ4n) is 3.91. The van der Waals surface area contributed by atoms with Crippen LogP contribution in [-0.2, 0) is 4.79 Å². The van der Waals surface area contributed by atoms with Gasteiger partial charge in [0.15, 0.2) is 0 Å². The molecule has 2 N–H and O–H groups in total. The summed E-state index contributed by atoms with van der Waals surface area (Å²) in [5.41, 5.74) is 3.97. The van der Waals surface area contributed by atoms with Crippen molar-refractivity contribution in [1.29, 1.82) is 0 Å². The van der Waals surface area contributed by atoms with Crippen molar-refractivity contribution in [1.82, 2.24) is 0 Å². The van der Waals surface area contributed by atoms with Crippen LogP contribution in [0.1, 0.15) is 36.1 Å². The third-order valence-corrected chi connectivity index (χ3v) is 6.14. The van der Waals surface area contributed by atoms with Crippen LogP contribution in [0.15, 0.2) is 109 Å². The molecule has 0 amide bonds. The van der Waals surface area contributed by atoms with Crippen molar-refractivity contribution in [2.24, 2.45) is 0 Å². The second-order valence-electron chi connectivity index (χ2n) is 8.18. The molecule has 2 atom stereocenters. The van der Waals surface area contributed by atoms with Gasteiger partial charge < -0.3 is 10.6 Å². The van der Waals surface area contributed by atoms with Gasteiger partial charge in [-0.25, -0.2) is 0 Å². The Morgan fingerprint density at radius 3 is 1.26 bits per heavy atom. The lowest BCUT2D eigenvalue weighted by Gasteiger charge is -2.23. The number of rotatable bonds is 10. The maximum Gasteiger partial charge on any atom is 0.137 e. The number of hydrogen-bond donors (Lipinski definition) is 2. The van der Waals surface area contributed by atoms with E-state index in [-0.39, 0.29) is 17.9 Å². The van der Waals surface area contributed by atoms with Crippen LogP contribution in [0.5, 0.6) is 0 Å². The molecular formula is C29H26Cl2N2O. The standard InChI is InChI=1S/C29H26Cl2N2O/c30-23-11-15-25(16-12-23)32-28(21-7-3-1-4-8-21)19-27(34)20-29(22-9-5-2-6-10-22)33-26-17-13-24(31)14-18-26/h1-18,28-29,32-33H,19-20H2.